The van der Waals surface area contributed by atoms with Crippen molar-refractivity contribution < 1.29 is 19.8 Å². The fourth-order valence-corrected chi connectivity index (χ4v) is 3.03. The lowest BCUT2D eigenvalue weighted by Crippen LogP contribution is -2.36. The number of carboxylic acids is 2. The number of carbonyl (C=O) groups is 2. The molecule has 0 atom stereocenters. The van der Waals surface area contributed by atoms with Crippen molar-refractivity contribution in [2.24, 2.45) is 0 Å². The van der Waals surface area contributed by atoms with E-state index in [1.54, 1.807) is 0 Å². The number of rotatable bonds is 4. The van der Waals surface area contributed by atoms with Crippen molar-refractivity contribution >= 4 is 28.3 Å². The van der Waals surface area contributed by atoms with E-state index in [0.717, 1.165) is 36.9 Å². The standard InChI is InChI=1S/C12H13NO4S/c14-11(15)8(12(16)17)6-13-10-5-7-3-1-2-4-9(7)18-10/h5-6,13H,1-4H2,(H,14,15)(H,16,17)/p-2. The van der Waals surface area contributed by atoms with Crippen LogP contribution in [-0.2, 0) is 22.4 Å². The third-order valence-corrected chi connectivity index (χ3v) is 3.96. The van der Waals surface area contributed by atoms with Crippen LogP contribution in [0.2, 0.25) is 0 Å². The maximum atomic E-state index is 10.5. The summed E-state index contributed by atoms with van der Waals surface area (Å²) in [6, 6.07) is 1.93. The number of carboxylic acid groups (broad SMARTS) is 2. The van der Waals surface area contributed by atoms with Gasteiger partial charge in [-0.1, -0.05) is 0 Å². The Morgan fingerprint density at radius 3 is 2.50 bits per heavy atom. The summed E-state index contributed by atoms with van der Waals surface area (Å²) in [7, 11) is 0. The Balaban J connectivity index is 2.14. The number of fused-ring (bicyclic) bond motifs is 1. The van der Waals surface area contributed by atoms with Gasteiger partial charge in [0.2, 0.25) is 0 Å². The number of aliphatic carboxylic acids is 2. The molecule has 1 heterocycles. The molecule has 0 unspecified atom stereocenters. The number of thiophene rings is 1. The molecular weight excluding hydrogens is 254 g/mol. The Kier molecular flexibility index (Phi) is 3.66. The first-order valence-corrected chi connectivity index (χ1v) is 6.40. The van der Waals surface area contributed by atoms with E-state index in [4.69, 9.17) is 0 Å². The Labute approximate surface area is 108 Å². The third kappa shape index (κ3) is 2.70. The van der Waals surface area contributed by atoms with Gasteiger partial charge < -0.3 is 25.1 Å². The van der Waals surface area contributed by atoms with Crippen LogP contribution in [-0.4, -0.2) is 11.9 Å². The van der Waals surface area contributed by atoms with E-state index in [9.17, 15) is 19.8 Å². The molecule has 6 heteroatoms. The van der Waals surface area contributed by atoms with Crippen LogP contribution in [0, 0.1) is 0 Å². The van der Waals surface area contributed by atoms with E-state index in [2.05, 4.69) is 5.32 Å². The van der Waals surface area contributed by atoms with Gasteiger partial charge in [0, 0.05) is 16.7 Å². The van der Waals surface area contributed by atoms with E-state index in [0.29, 0.717) is 0 Å². The van der Waals surface area contributed by atoms with E-state index in [1.165, 1.54) is 21.8 Å². The molecule has 1 N–H and O–H groups in total. The molecule has 0 radical (unpaired) electrons. The van der Waals surface area contributed by atoms with Gasteiger partial charge in [-0.25, -0.2) is 0 Å². The summed E-state index contributed by atoms with van der Waals surface area (Å²) < 4.78 is 0. The zero-order chi connectivity index (χ0) is 13.1. The van der Waals surface area contributed by atoms with Crippen LogP contribution in [0.25, 0.3) is 0 Å². The molecule has 0 aliphatic heterocycles. The van der Waals surface area contributed by atoms with Crippen LogP contribution in [0.4, 0.5) is 5.00 Å². The van der Waals surface area contributed by atoms with Gasteiger partial charge in [0.15, 0.2) is 0 Å². The van der Waals surface area contributed by atoms with Crippen molar-refractivity contribution in [3.63, 3.8) is 0 Å². The van der Waals surface area contributed by atoms with Crippen molar-refractivity contribution in [1.82, 2.24) is 0 Å². The summed E-state index contributed by atoms with van der Waals surface area (Å²) in [5.74, 6) is -3.52. The normalized spacial score (nSPS) is 13.6. The van der Waals surface area contributed by atoms with E-state index in [1.807, 2.05) is 6.07 Å². The second kappa shape index (κ2) is 5.22. The van der Waals surface area contributed by atoms with Gasteiger partial charge in [0.1, 0.15) is 0 Å². The molecule has 0 saturated heterocycles. The molecule has 1 aliphatic carbocycles. The van der Waals surface area contributed by atoms with Gasteiger partial charge in [-0.3, -0.25) is 0 Å². The molecule has 2 rings (SSSR count). The molecule has 96 valence electrons. The molecule has 0 amide bonds. The van der Waals surface area contributed by atoms with Gasteiger partial charge in [0.25, 0.3) is 0 Å². The molecular formula is C12H11NO4S-2. The number of carbonyl (C=O) groups excluding carboxylic acids is 2. The van der Waals surface area contributed by atoms with Crippen molar-refractivity contribution in [2.75, 3.05) is 5.32 Å². The molecule has 0 aromatic carbocycles. The summed E-state index contributed by atoms with van der Waals surface area (Å²) in [4.78, 5) is 22.3. The summed E-state index contributed by atoms with van der Waals surface area (Å²) in [6.07, 6.45) is 5.26. The Hall–Kier alpha value is -1.82. The average Bonchev–Trinajstić information content (AvgIpc) is 2.70. The van der Waals surface area contributed by atoms with Gasteiger partial charge >= 0.3 is 0 Å². The highest BCUT2D eigenvalue weighted by molar-refractivity contribution is 7.16. The van der Waals surface area contributed by atoms with Crippen LogP contribution in [0.3, 0.4) is 0 Å². The lowest BCUT2D eigenvalue weighted by Gasteiger charge is -2.09. The minimum Gasteiger partial charge on any atom is -0.545 e. The quantitative estimate of drug-likeness (QED) is 0.447. The second-order valence-electron chi connectivity index (χ2n) is 4.04. The van der Waals surface area contributed by atoms with Crippen LogP contribution in [0.15, 0.2) is 17.8 Å². The zero-order valence-corrected chi connectivity index (χ0v) is 10.3. The molecule has 1 aliphatic rings. The fourth-order valence-electron chi connectivity index (χ4n) is 1.91. The topological polar surface area (TPSA) is 92.3 Å². The second-order valence-corrected chi connectivity index (χ2v) is 5.18. The van der Waals surface area contributed by atoms with Gasteiger partial charge in [0.05, 0.1) is 16.9 Å². The van der Waals surface area contributed by atoms with Crippen molar-refractivity contribution in [3.8, 4) is 0 Å². The predicted octanol–water partition coefficient (Wildman–Crippen LogP) is -0.578. The van der Waals surface area contributed by atoms with Crippen LogP contribution in [0.5, 0.6) is 0 Å². The van der Waals surface area contributed by atoms with Crippen molar-refractivity contribution in [2.45, 2.75) is 25.7 Å². The molecule has 5 nitrogen and oxygen atoms in total. The SMILES string of the molecule is O=C([O-])C(=CNc1cc2c(s1)CCCC2)C(=O)[O-]. The van der Waals surface area contributed by atoms with E-state index < -0.39 is 17.5 Å². The molecule has 0 spiro atoms. The Morgan fingerprint density at radius 2 is 1.89 bits per heavy atom. The highest BCUT2D eigenvalue weighted by atomic mass is 32.1. The zero-order valence-electron chi connectivity index (χ0n) is 9.52. The summed E-state index contributed by atoms with van der Waals surface area (Å²) in [5.41, 5.74) is 0.368. The summed E-state index contributed by atoms with van der Waals surface area (Å²) in [6.45, 7) is 0. The number of hydrogen-bond donors (Lipinski definition) is 1. The molecule has 0 fully saturated rings. The highest BCUT2D eigenvalue weighted by Gasteiger charge is 2.12. The van der Waals surface area contributed by atoms with Crippen molar-refractivity contribution in [1.29, 1.82) is 0 Å². The van der Waals surface area contributed by atoms with E-state index >= 15 is 0 Å². The lowest BCUT2D eigenvalue weighted by atomic mass is 10.00. The van der Waals surface area contributed by atoms with Crippen LogP contribution in [0.1, 0.15) is 23.3 Å². The first-order valence-electron chi connectivity index (χ1n) is 5.59. The summed E-state index contributed by atoms with van der Waals surface area (Å²) in [5, 5.41) is 24.5. The largest absolute Gasteiger partial charge is 0.545 e. The van der Waals surface area contributed by atoms with Crippen LogP contribution >= 0.6 is 11.3 Å². The minimum atomic E-state index is -1.76. The Bertz CT molecular complexity index is 479. The average molecular weight is 265 g/mol. The highest BCUT2D eigenvalue weighted by Crippen LogP contribution is 2.32. The smallest absolute Gasteiger partial charge is 0.0927 e. The molecule has 0 bridgehead atoms. The minimum absolute atomic E-state index is 0.738. The first-order chi connectivity index (χ1) is 8.58. The van der Waals surface area contributed by atoms with Gasteiger partial charge in [-0.2, -0.15) is 0 Å². The molecule has 1 aromatic rings. The van der Waals surface area contributed by atoms with Crippen molar-refractivity contribution in [3.05, 3.63) is 28.3 Å². The fraction of sp³-hybridized carbons (Fsp3) is 0.333. The third-order valence-electron chi connectivity index (χ3n) is 2.80. The number of hydrogen-bond acceptors (Lipinski definition) is 6. The lowest BCUT2D eigenvalue weighted by molar-refractivity contribution is -0.312. The van der Waals surface area contributed by atoms with E-state index in [-0.39, 0.29) is 0 Å². The number of anilines is 1. The maximum Gasteiger partial charge on any atom is 0.0927 e. The maximum absolute atomic E-state index is 10.5. The number of nitrogens with one attached hydrogen (secondary N) is 1. The first kappa shape index (κ1) is 12.6. The molecule has 0 saturated carbocycles. The van der Waals surface area contributed by atoms with Crippen LogP contribution < -0.4 is 15.5 Å². The molecule has 1 aromatic heterocycles. The van der Waals surface area contributed by atoms with Gasteiger partial charge in [-0.15, -0.1) is 11.3 Å². The van der Waals surface area contributed by atoms with Gasteiger partial charge in [-0.05, 0) is 37.3 Å². The predicted molar refractivity (Wildman–Crippen MR) is 62.7 cm³/mol. The number of aryl methyl sites for hydroxylation is 2. The Morgan fingerprint density at radius 1 is 1.22 bits per heavy atom. The monoisotopic (exact) mass is 265 g/mol. The summed E-state index contributed by atoms with van der Waals surface area (Å²) >= 11 is 1.52. The molecule has 18 heavy (non-hydrogen) atoms.